The summed E-state index contributed by atoms with van der Waals surface area (Å²) in [5, 5.41) is 4.69. The maximum atomic E-state index is 12.8. The van der Waals surface area contributed by atoms with Crippen LogP contribution in [0.2, 0.25) is 0 Å². The number of hydrogen-bond acceptors (Lipinski definition) is 4. The van der Waals surface area contributed by atoms with Crippen molar-refractivity contribution < 1.29 is 14.4 Å². The lowest BCUT2D eigenvalue weighted by Crippen LogP contribution is -2.40. The topological polar surface area (TPSA) is 66.5 Å². The van der Waals surface area contributed by atoms with Crippen LogP contribution in [0.1, 0.15) is 43.2 Å². The van der Waals surface area contributed by atoms with Gasteiger partial charge in [-0.25, -0.2) is 0 Å². The van der Waals surface area contributed by atoms with E-state index in [0.717, 1.165) is 5.56 Å². The van der Waals surface area contributed by atoms with Gasteiger partial charge in [-0.1, -0.05) is 36.4 Å². The summed E-state index contributed by atoms with van der Waals surface area (Å²) >= 11 is 1.38. The van der Waals surface area contributed by atoms with Gasteiger partial charge in [0.25, 0.3) is 11.8 Å². The summed E-state index contributed by atoms with van der Waals surface area (Å²) in [4.78, 5) is 40.0. The number of piperidine rings is 1. The molecule has 0 aliphatic carbocycles. The predicted molar refractivity (Wildman–Crippen MR) is 118 cm³/mol. The molecule has 4 rings (SSSR count). The SMILES string of the molecule is O=C(Nc1ccc(C(=O)N2CCC(C(=O)c3ccccc3)CC2)cc1)c1cccs1. The summed E-state index contributed by atoms with van der Waals surface area (Å²) in [6.07, 6.45) is 1.35. The molecule has 0 spiro atoms. The second-order valence-electron chi connectivity index (χ2n) is 7.31. The summed E-state index contributed by atoms with van der Waals surface area (Å²) in [5.41, 5.74) is 1.97. The quantitative estimate of drug-likeness (QED) is 0.609. The van der Waals surface area contributed by atoms with Crippen LogP contribution in [0.15, 0.2) is 72.1 Å². The Kier molecular flexibility index (Phi) is 6.05. The number of nitrogens with one attached hydrogen (secondary N) is 1. The summed E-state index contributed by atoms with van der Waals surface area (Å²) in [5.74, 6) is -0.0780. The van der Waals surface area contributed by atoms with Crippen LogP contribution >= 0.6 is 11.3 Å². The van der Waals surface area contributed by atoms with Crippen LogP contribution in [-0.4, -0.2) is 35.6 Å². The van der Waals surface area contributed by atoms with E-state index in [1.165, 1.54) is 11.3 Å². The van der Waals surface area contributed by atoms with Crippen molar-refractivity contribution in [2.75, 3.05) is 18.4 Å². The molecule has 0 unspecified atom stereocenters. The van der Waals surface area contributed by atoms with E-state index in [4.69, 9.17) is 0 Å². The van der Waals surface area contributed by atoms with Crippen molar-refractivity contribution in [3.05, 3.63) is 88.1 Å². The highest BCUT2D eigenvalue weighted by atomic mass is 32.1. The molecule has 1 aliphatic heterocycles. The first kappa shape index (κ1) is 20.0. The second-order valence-corrected chi connectivity index (χ2v) is 8.25. The first-order chi connectivity index (χ1) is 14.6. The van der Waals surface area contributed by atoms with Crippen LogP contribution in [0.3, 0.4) is 0 Å². The molecule has 1 fully saturated rings. The Morgan fingerprint density at radius 2 is 1.53 bits per heavy atom. The number of hydrogen-bond donors (Lipinski definition) is 1. The number of ketones is 1. The molecule has 2 aromatic carbocycles. The fraction of sp³-hybridized carbons (Fsp3) is 0.208. The van der Waals surface area contributed by atoms with Gasteiger partial charge in [0.1, 0.15) is 0 Å². The van der Waals surface area contributed by atoms with E-state index in [0.29, 0.717) is 42.1 Å². The van der Waals surface area contributed by atoms with Crippen molar-refractivity contribution >= 4 is 34.6 Å². The zero-order valence-corrected chi connectivity index (χ0v) is 17.2. The first-order valence-corrected chi connectivity index (χ1v) is 10.8. The molecular formula is C24H22N2O3S. The molecule has 0 saturated carbocycles. The van der Waals surface area contributed by atoms with E-state index in [9.17, 15) is 14.4 Å². The Balaban J connectivity index is 1.33. The predicted octanol–water partition coefficient (Wildman–Crippen LogP) is 4.74. The molecule has 1 aliphatic rings. The lowest BCUT2D eigenvalue weighted by Gasteiger charge is -2.31. The fourth-order valence-electron chi connectivity index (χ4n) is 3.66. The number of likely N-dealkylation sites (tertiary alicyclic amines) is 1. The summed E-state index contributed by atoms with van der Waals surface area (Å²) in [7, 11) is 0. The van der Waals surface area contributed by atoms with E-state index in [1.807, 2.05) is 41.8 Å². The van der Waals surface area contributed by atoms with Crippen LogP contribution in [0, 0.1) is 5.92 Å². The Bertz CT molecular complexity index is 1020. The molecule has 2 amide bonds. The van der Waals surface area contributed by atoms with Gasteiger partial charge in [0.05, 0.1) is 4.88 Å². The van der Waals surface area contributed by atoms with Gasteiger partial charge in [-0.3, -0.25) is 14.4 Å². The van der Waals surface area contributed by atoms with Crippen molar-refractivity contribution in [3.8, 4) is 0 Å². The average molecular weight is 419 g/mol. The number of anilines is 1. The summed E-state index contributed by atoms with van der Waals surface area (Å²) < 4.78 is 0. The van der Waals surface area contributed by atoms with E-state index in [1.54, 1.807) is 35.2 Å². The van der Waals surface area contributed by atoms with Crippen LogP contribution in [0.5, 0.6) is 0 Å². The third-order valence-electron chi connectivity index (χ3n) is 5.35. The number of thiophene rings is 1. The molecule has 3 aromatic rings. The highest BCUT2D eigenvalue weighted by Crippen LogP contribution is 2.23. The molecule has 0 bridgehead atoms. The molecule has 5 nitrogen and oxygen atoms in total. The Hall–Kier alpha value is -3.25. The standard InChI is InChI=1S/C24H22N2O3S/c27-22(17-5-2-1-3-6-17)18-12-14-26(15-13-18)24(29)19-8-10-20(11-9-19)25-23(28)21-7-4-16-30-21/h1-11,16,18H,12-15H2,(H,25,28). The molecule has 0 radical (unpaired) electrons. The normalized spacial score (nSPS) is 14.3. The van der Waals surface area contributed by atoms with Gasteiger partial charge in [-0.05, 0) is 48.6 Å². The summed E-state index contributed by atoms with van der Waals surface area (Å²) in [6, 6.07) is 19.9. The molecular weight excluding hydrogens is 396 g/mol. The molecule has 1 saturated heterocycles. The van der Waals surface area contributed by atoms with Crippen LogP contribution in [0.25, 0.3) is 0 Å². The highest BCUT2D eigenvalue weighted by Gasteiger charge is 2.28. The minimum absolute atomic E-state index is 0.0358. The van der Waals surface area contributed by atoms with Crippen LogP contribution in [-0.2, 0) is 0 Å². The van der Waals surface area contributed by atoms with Crippen LogP contribution < -0.4 is 5.32 Å². The molecule has 30 heavy (non-hydrogen) atoms. The molecule has 152 valence electrons. The number of benzene rings is 2. The van der Waals surface area contributed by atoms with Crippen molar-refractivity contribution in [2.24, 2.45) is 5.92 Å². The molecule has 6 heteroatoms. The maximum Gasteiger partial charge on any atom is 0.265 e. The van der Waals surface area contributed by atoms with Gasteiger partial charge in [0.15, 0.2) is 5.78 Å². The third kappa shape index (κ3) is 4.49. The van der Waals surface area contributed by atoms with Crippen molar-refractivity contribution in [1.82, 2.24) is 4.90 Å². The zero-order chi connectivity index (χ0) is 20.9. The van der Waals surface area contributed by atoms with E-state index < -0.39 is 0 Å². The Morgan fingerprint density at radius 1 is 0.833 bits per heavy atom. The second kappa shape index (κ2) is 9.05. The van der Waals surface area contributed by atoms with Gasteiger partial charge in [-0.2, -0.15) is 0 Å². The third-order valence-corrected chi connectivity index (χ3v) is 6.21. The van der Waals surface area contributed by atoms with Crippen LogP contribution in [0.4, 0.5) is 5.69 Å². The number of amides is 2. The Morgan fingerprint density at radius 3 is 2.17 bits per heavy atom. The minimum atomic E-state index is -0.158. The van der Waals surface area contributed by atoms with Gasteiger partial charge in [-0.15, -0.1) is 11.3 Å². The van der Waals surface area contributed by atoms with Gasteiger partial charge in [0, 0.05) is 35.8 Å². The number of carbonyl (C=O) groups is 3. The summed E-state index contributed by atoms with van der Waals surface area (Å²) in [6.45, 7) is 1.14. The highest BCUT2D eigenvalue weighted by molar-refractivity contribution is 7.12. The number of Topliss-reactive ketones (excluding diaryl/α,β-unsaturated/α-hetero) is 1. The van der Waals surface area contributed by atoms with E-state index in [-0.39, 0.29) is 23.5 Å². The van der Waals surface area contributed by atoms with Gasteiger partial charge in [0.2, 0.25) is 0 Å². The molecule has 1 aromatic heterocycles. The fourth-order valence-corrected chi connectivity index (χ4v) is 4.28. The molecule has 1 N–H and O–H groups in total. The molecule has 0 atom stereocenters. The lowest BCUT2D eigenvalue weighted by molar-refractivity contribution is 0.0650. The first-order valence-electron chi connectivity index (χ1n) is 9.95. The van der Waals surface area contributed by atoms with E-state index in [2.05, 4.69) is 5.32 Å². The van der Waals surface area contributed by atoms with Gasteiger partial charge < -0.3 is 10.2 Å². The number of carbonyl (C=O) groups excluding carboxylic acids is 3. The van der Waals surface area contributed by atoms with Crippen molar-refractivity contribution in [1.29, 1.82) is 0 Å². The minimum Gasteiger partial charge on any atom is -0.339 e. The zero-order valence-electron chi connectivity index (χ0n) is 16.4. The van der Waals surface area contributed by atoms with E-state index >= 15 is 0 Å². The van der Waals surface area contributed by atoms with Crippen molar-refractivity contribution in [2.45, 2.75) is 12.8 Å². The number of nitrogens with zero attached hydrogens (tertiary/aromatic N) is 1. The van der Waals surface area contributed by atoms with Gasteiger partial charge >= 0.3 is 0 Å². The Labute approximate surface area is 179 Å². The largest absolute Gasteiger partial charge is 0.339 e. The molecule has 2 heterocycles. The monoisotopic (exact) mass is 418 g/mol. The lowest BCUT2D eigenvalue weighted by atomic mass is 9.88. The van der Waals surface area contributed by atoms with Crippen molar-refractivity contribution in [3.63, 3.8) is 0 Å². The smallest absolute Gasteiger partial charge is 0.265 e. The maximum absolute atomic E-state index is 12.8. The number of rotatable bonds is 5. The average Bonchev–Trinajstić information content (AvgIpc) is 3.35.